The average molecular weight is 502 g/mol. The fourth-order valence-corrected chi connectivity index (χ4v) is 6.28. The quantitative estimate of drug-likeness (QED) is 0.464. The third kappa shape index (κ3) is 6.32. The summed E-state index contributed by atoms with van der Waals surface area (Å²) in [6.07, 6.45) is 7.21. The first kappa shape index (κ1) is 26.7. The Bertz CT molecular complexity index is 892. The van der Waals surface area contributed by atoms with Crippen LogP contribution in [-0.2, 0) is 20.7 Å². The molecule has 200 valence electrons. The van der Waals surface area contributed by atoms with Crippen molar-refractivity contribution in [3.8, 4) is 11.5 Å². The van der Waals surface area contributed by atoms with Crippen LogP contribution in [0.1, 0.15) is 44.1 Å². The van der Waals surface area contributed by atoms with Crippen LogP contribution in [0.25, 0.3) is 0 Å². The summed E-state index contributed by atoms with van der Waals surface area (Å²) in [6.45, 7) is 5.37. The van der Waals surface area contributed by atoms with Gasteiger partial charge in [-0.05, 0) is 68.8 Å². The Morgan fingerprint density at radius 1 is 1.06 bits per heavy atom. The zero-order chi connectivity index (χ0) is 25.5. The maximum absolute atomic E-state index is 13.7. The Kier molecular flexibility index (Phi) is 9.48. The molecule has 0 aromatic heterocycles. The number of likely N-dealkylation sites (tertiary alicyclic amines) is 1. The molecule has 0 radical (unpaired) electrons. The number of carbonyl (C=O) groups is 2. The van der Waals surface area contributed by atoms with Gasteiger partial charge >= 0.3 is 0 Å². The average Bonchev–Trinajstić information content (AvgIpc) is 3.29. The van der Waals surface area contributed by atoms with Crippen molar-refractivity contribution < 1.29 is 23.8 Å². The molecule has 36 heavy (non-hydrogen) atoms. The Morgan fingerprint density at radius 3 is 2.64 bits per heavy atom. The molecule has 3 aliphatic rings. The van der Waals surface area contributed by atoms with Crippen LogP contribution in [0.2, 0.25) is 0 Å². The minimum atomic E-state index is -0.272. The van der Waals surface area contributed by atoms with E-state index in [1.165, 1.54) is 45.2 Å². The molecule has 0 spiro atoms. The molecule has 8 heteroatoms. The highest BCUT2D eigenvalue weighted by Crippen LogP contribution is 2.32. The lowest BCUT2D eigenvalue weighted by Gasteiger charge is -2.46. The molecule has 1 aromatic rings. The summed E-state index contributed by atoms with van der Waals surface area (Å²) in [6, 6.07) is 6.43. The van der Waals surface area contributed by atoms with Crippen LogP contribution in [0.4, 0.5) is 0 Å². The monoisotopic (exact) mass is 501 g/mol. The SMILES string of the molecule is COCCN(CC1CCCN2CCCCC12)C(=O)C1CC(=O)N(CCc2ccc(OC)c(OC)c2)C1. The minimum absolute atomic E-state index is 0.0663. The van der Waals surface area contributed by atoms with Crippen LogP contribution in [0.5, 0.6) is 11.5 Å². The van der Waals surface area contributed by atoms with Crippen LogP contribution >= 0.6 is 0 Å². The largest absolute Gasteiger partial charge is 0.493 e. The van der Waals surface area contributed by atoms with Gasteiger partial charge in [0.1, 0.15) is 0 Å². The summed E-state index contributed by atoms with van der Waals surface area (Å²) in [5.41, 5.74) is 1.08. The van der Waals surface area contributed by atoms with Gasteiger partial charge < -0.3 is 28.9 Å². The number of methoxy groups -OCH3 is 3. The summed E-state index contributed by atoms with van der Waals surface area (Å²) in [5.74, 6) is 1.79. The first-order valence-electron chi connectivity index (χ1n) is 13.5. The van der Waals surface area contributed by atoms with Gasteiger partial charge in [0.25, 0.3) is 0 Å². The van der Waals surface area contributed by atoms with Crippen molar-refractivity contribution >= 4 is 11.8 Å². The molecule has 0 saturated carbocycles. The molecule has 1 aromatic carbocycles. The topological polar surface area (TPSA) is 71.6 Å². The number of carbonyl (C=O) groups excluding carboxylic acids is 2. The van der Waals surface area contributed by atoms with Gasteiger partial charge in [-0.1, -0.05) is 12.5 Å². The molecule has 3 atom stereocenters. The van der Waals surface area contributed by atoms with Crippen LogP contribution in [-0.4, -0.2) is 99.8 Å². The number of hydrogen-bond donors (Lipinski definition) is 0. The first-order valence-corrected chi connectivity index (χ1v) is 13.5. The lowest BCUT2D eigenvalue weighted by atomic mass is 9.83. The minimum Gasteiger partial charge on any atom is -0.493 e. The van der Waals surface area contributed by atoms with Crippen molar-refractivity contribution in [1.82, 2.24) is 14.7 Å². The molecule has 3 fully saturated rings. The van der Waals surface area contributed by atoms with Gasteiger partial charge in [-0.25, -0.2) is 0 Å². The number of amides is 2. The maximum atomic E-state index is 13.7. The summed E-state index contributed by atoms with van der Waals surface area (Å²) in [5, 5.41) is 0. The standard InChI is InChI=1S/C28H43N3O5/c1-34-16-15-31(19-22-7-6-13-29-12-5-4-8-24(22)29)28(33)23-18-27(32)30(20-23)14-11-21-9-10-25(35-2)26(17-21)36-3/h9-10,17,22-24H,4-8,11-16,18-20H2,1-3H3. The van der Waals surface area contributed by atoms with Gasteiger partial charge in [0, 0.05) is 45.8 Å². The normalized spacial score (nSPS) is 24.5. The molecule has 3 saturated heterocycles. The third-order valence-electron chi connectivity index (χ3n) is 8.24. The van der Waals surface area contributed by atoms with Crippen molar-refractivity contribution in [2.24, 2.45) is 11.8 Å². The van der Waals surface area contributed by atoms with Crippen molar-refractivity contribution in [2.45, 2.75) is 51.0 Å². The lowest BCUT2D eigenvalue weighted by Crippen LogP contribution is -2.52. The predicted molar refractivity (Wildman–Crippen MR) is 138 cm³/mol. The highest BCUT2D eigenvalue weighted by molar-refractivity contribution is 5.89. The second-order valence-corrected chi connectivity index (χ2v) is 10.5. The van der Waals surface area contributed by atoms with E-state index in [-0.39, 0.29) is 17.7 Å². The molecule has 2 amide bonds. The van der Waals surface area contributed by atoms with Crippen LogP contribution in [0.15, 0.2) is 18.2 Å². The third-order valence-corrected chi connectivity index (χ3v) is 8.24. The summed E-state index contributed by atoms with van der Waals surface area (Å²) in [4.78, 5) is 33.0. The Balaban J connectivity index is 1.36. The highest BCUT2D eigenvalue weighted by atomic mass is 16.5. The number of nitrogens with zero attached hydrogens (tertiary/aromatic N) is 3. The van der Waals surface area contributed by atoms with Crippen LogP contribution in [0, 0.1) is 11.8 Å². The Labute approximate surface area is 215 Å². The number of ether oxygens (including phenoxy) is 3. The van der Waals surface area contributed by atoms with E-state index in [0.717, 1.165) is 12.1 Å². The molecule has 0 N–H and O–H groups in total. The van der Waals surface area contributed by atoms with Crippen molar-refractivity contribution in [3.05, 3.63) is 23.8 Å². The van der Waals surface area contributed by atoms with Gasteiger partial charge in [-0.3, -0.25) is 9.59 Å². The summed E-state index contributed by atoms with van der Waals surface area (Å²) >= 11 is 0. The number of benzene rings is 1. The van der Waals surface area contributed by atoms with E-state index in [9.17, 15) is 9.59 Å². The number of hydrogen-bond acceptors (Lipinski definition) is 6. The van der Waals surface area contributed by atoms with Crippen molar-refractivity contribution in [1.29, 1.82) is 0 Å². The number of rotatable bonds is 11. The Morgan fingerprint density at radius 2 is 1.86 bits per heavy atom. The summed E-state index contributed by atoms with van der Waals surface area (Å²) in [7, 11) is 4.92. The van der Waals surface area contributed by atoms with E-state index in [1.807, 2.05) is 28.0 Å². The van der Waals surface area contributed by atoms with E-state index in [1.54, 1.807) is 21.3 Å². The van der Waals surface area contributed by atoms with Gasteiger partial charge in [-0.15, -0.1) is 0 Å². The molecule has 3 unspecified atom stereocenters. The van der Waals surface area contributed by atoms with E-state index in [4.69, 9.17) is 14.2 Å². The number of piperidine rings is 2. The predicted octanol–water partition coefficient (Wildman–Crippen LogP) is 2.83. The molecular weight excluding hydrogens is 458 g/mol. The maximum Gasteiger partial charge on any atom is 0.228 e. The van der Waals surface area contributed by atoms with E-state index in [2.05, 4.69) is 4.90 Å². The smallest absolute Gasteiger partial charge is 0.228 e. The van der Waals surface area contributed by atoms with E-state index < -0.39 is 0 Å². The van der Waals surface area contributed by atoms with Crippen LogP contribution < -0.4 is 9.47 Å². The van der Waals surface area contributed by atoms with Gasteiger partial charge in [0.2, 0.25) is 11.8 Å². The second kappa shape index (κ2) is 12.8. The van der Waals surface area contributed by atoms with Gasteiger partial charge in [0.05, 0.1) is 26.7 Å². The van der Waals surface area contributed by atoms with Crippen molar-refractivity contribution in [2.75, 3.05) is 67.2 Å². The van der Waals surface area contributed by atoms with Gasteiger partial charge in [0.15, 0.2) is 11.5 Å². The van der Waals surface area contributed by atoms with Crippen molar-refractivity contribution in [3.63, 3.8) is 0 Å². The molecule has 4 rings (SSSR count). The number of fused-ring (bicyclic) bond motifs is 1. The zero-order valence-corrected chi connectivity index (χ0v) is 22.2. The molecule has 0 bridgehead atoms. The molecular formula is C28H43N3O5. The second-order valence-electron chi connectivity index (χ2n) is 10.5. The lowest BCUT2D eigenvalue weighted by molar-refractivity contribution is -0.137. The first-order chi connectivity index (χ1) is 17.5. The molecule has 3 aliphatic heterocycles. The zero-order valence-electron chi connectivity index (χ0n) is 22.2. The summed E-state index contributed by atoms with van der Waals surface area (Å²) < 4.78 is 16.1. The fourth-order valence-electron chi connectivity index (χ4n) is 6.28. The molecule has 0 aliphatic carbocycles. The molecule has 3 heterocycles. The van der Waals surface area contributed by atoms with E-state index in [0.29, 0.717) is 62.5 Å². The fraction of sp³-hybridized carbons (Fsp3) is 0.714. The Hall–Kier alpha value is -2.32. The van der Waals surface area contributed by atoms with E-state index >= 15 is 0 Å². The van der Waals surface area contributed by atoms with Crippen LogP contribution in [0.3, 0.4) is 0 Å². The molecule has 8 nitrogen and oxygen atoms in total. The highest BCUT2D eigenvalue weighted by Gasteiger charge is 2.39. The van der Waals surface area contributed by atoms with Gasteiger partial charge in [-0.2, -0.15) is 0 Å².